The second-order valence-electron chi connectivity index (χ2n) is 7.37. The molecule has 1 aliphatic heterocycles. The van der Waals surface area contributed by atoms with Crippen LogP contribution in [0.4, 0.5) is 5.13 Å². The van der Waals surface area contributed by atoms with Gasteiger partial charge in [0.2, 0.25) is 11.8 Å². The van der Waals surface area contributed by atoms with E-state index >= 15 is 0 Å². The van der Waals surface area contributed by atoms with Gasteiger partial charge in [-0.15, -0.1) is 0 Å². The molecule has 0 fully saturated rings. The van der Waals surface area contributed by atoms with Crippen LogP contribution in [-0.4, -0.2) is 34.8 Å². The molecule has 1 aromatic heterocycles. The van der Waals surface area contributed by atoms with E-state index in [1.807, 2.05) is 35.2 Å². The van der Waals surface area contributed by atoms with E-state index in [2.05, 4.69) is 24.1 Å². The van der Waals surface area contributed by atoms with Crippen LogP contribution in [0.2, 0.25) is 0 Å². The van der Waals surface area contributed by atoms with Crippen LogP contribution in [0.5, 0.6) is 5.75 Å². The third-order valence-corrected chi connectivity index (χ3v) is 5.47. The minimum Gasteiger partial charge on any atom is -0.494 e. The lowest BCUT2D eigenvalue weighted by atomic mass is 10.1. The van der Waals surface area contributed by atoms with Gasteiger partial charge in [0.1, 0.15) is 5.75 Å². The fraction of sp³-hybridized carbons (Fsp3) is 0.476. The zero-order chi connectivity index (χ0) is 19.9. The molecule has 1 aliphatic rings. The van der Waals surface area contributed by atoms with Gasteiger partial charge < -0.3 is 15.0 Å². The van der Waals surface area contributed by atoms with Crippen molar-refractivity contribution in [1.82, 2.24) is 9.88 Å². The van der Waals surface area contributed by atoms with Crippen molar-refractivity contribution < 1.29 is 14.3 Å². The Hall–Kier alpha value is -2.41. The summed E-state index contributed by atoms with van der Waals surface area (Å²) in [7, 11) is 0. The molecule has 0 bridgehead atoms. The number of amides is 2. The fourth-order valence-electron chi connectivity index (χ4n) is 3.06. The van der Waals surface area contributed by atoms with E-state index < -0.39 is 0 Å². The van der Waals surface area contributed by atoms with Crippen LogP contribution in [-0.2, 0) is 22.6 Å². The Morgan fingerprint density at radius 3 is 2.82 bits per heavy atom. The lowest BCUT2D eigenvalue weighted by molar-refractivity contribution is -0.132. The first-order chi connectivity index (χ1) is 13.5. The van der Waals surface area contributed by atoms with Crippen molar-refractivity contribution in [2.24, 2.45) is 5.92 Å². The van der Waals surface area contributed by atoms with Crippen LogP contribution in [0.1, 0.15) is 43.7 Å². The topological polar surface area (TPSA) is 71.5 Å². The number of ether oxygens (including phenoxy) is 1. The molecule has 2 aromatic rings. The molecule has 0 radical (unpaired) electrons. The van der Waals surface area contributed by atoms with Gasteiger partial charge in [-0.3, -0.25) is 9.59 Å². The van der Waals surface area contributed by atoms with E-state index in [1.165, 1.54) is 11.3 Å². The zero-order valence-corrected chi connectivity index (χ0v) is 17.3. The summed E-state index contributed by atoms with van der Waals surface area (Å²) in [5.41, 5.74) is 1.00. The molecule has 28 heavy (non-hydrogen) atoms. The third kappa shape index (κ3) is 5.79. The number of carbonyl (C=O) groups excluding carboxylic acids is 2. The quantitative estimate of drug-likeness (QED) is 0.682. The molecule has 1 aromatic carbocycles. The molecule has 0 spiro atoms. The van der Waals surface area contributed by atoms with Crippen molar-refractivity contribution in [3.8, 4) is 5.75 Å². The number of aromatic nitrogens is 1. The summed E-state index contributed by atoms with van der Waals surface area (Å²) in [5.74, 6) is 1.30. The average molecular weight is 402 g/mol. The number of thiazole rings is 1. The van der Waals surface area contributed by atoms with Crippen molar-refractivity contribution in [3.63, 3.8) is 0 Å². The number of hydrogen-bond donors (Lipinski definition) is 1. The Balaban J connectivity index is 1.44. The van der Waals surface area contributed by atoms with Gasteiger partial charge in [-0.05, 0) is 24.5 Å². The monoisotopic (exact) mass is 401 g/mol. The molecule has 1 N–H and O–H groups in total. The van der Waals surface area contributed by atoms with E-state index in [4.69, 9.17) is 4.74 Å². The van der Waals surface area contributed by atoms with E-state index in [-0.39, 0.29) is 11.8 Å². The number of fused-ring (bicyclic) bond motifs is 1. The standard InChI is InChI=1S/C21H27N3O3S/c1-15(2)13-20(26)24-11-10-17-18(14-24)28-21(22-17)23-19(25)9-6-12-27-16-7-4-3-5-8-16/h3-5,7-8,15H,6,9-14H2,1-2H3,(H,22,23,25). The highest BCUT2D eigenvalue weighted by atomic mass is 32.1. The van der Waals surface area contributed by atoms with Gasteiger partial charge >= 0.3 is 0 Å². The van der Waals surface area contributed by atoms with Gasteiger partial charge in [0, 0.05) is 30.7 Å². The Bertz CT molecular complexity index is 804. The lowest BCUT2D eigenvalue weighted by Crippen LogP contribution is -2.36. The summed E-state index contributed by atoms with van der Waals surface area (Å²) in [6, 6.07) is 9.58. The van der Waals surface area contributed by atoms with Gasteiger partial charge in [0.15, 0.2) is 5.13 Å². The lowest BCUT2D eigenvalue weighted by Gasteiger charge is -2.26. The number of nitrogens with zero attached hydrogens (tertiary/aromatic N) is 2. The first kappa shape index (κ1) is 20.3. The minimum absolute atomic E-state index is 0.0597. The molecule has 0 atom stereocenters. The molecule has 150 valence electrons. The molecule has 2 amide bonds. The highest BCUT2D eigenvalue weighted by molar-refractivity contribution is 7.15. The number of rotatable bonds is 8. The predicted molar refractivity (Wildman–Crippen MR) is 110 cm³/mol. The molecule has 6 nitrogen and oxygen atoms in total. The van der Waals surface area contributed by atoms with Crippen molar-refractivity contribution in [3.05, 3.63) is 40.9 Å². The van der Waals surface area contributed by atoms with Crippen molar-refractivity contribution in [1.29, 1.82) is 0 Å². The van der Waals surface area contributed by atoms with Crippen LogP contribution in [0.15, 0.2) is 30.3 Å². The number of hydrogen-bond acceptors (Lipinski definition) is 5. The minimum atomic E-state index is -0.0597. The van der Waals surface area contributed by atoms with E-state index in [9.17, 15) is 9.59 Å². The van der Waals surface area contributed by atoms with Crippen molar-refractivity contribution in [2.75, 3.05) is 18.5 Å². The number of benzene rings is 1. The summed E-state index contributed by atoms with van der Waals surface area (Å²) >= 11 is 1.47. The zero-order valence-electron chi connectivity index (χ0n) is 16.4. The molecule has 0 aliphatic carbocycles. The number of carbonyl (C=O) groups is 2. The summed E-state index contributed by atoms with van der Waals surface area (Å²) in [6.45, 7) is 5.90. The number of para-hydroxylation sites is 1. The predicted octanol–water partition coefficient (Wildman–Crippen LogP) is 3.87. The van der Waals surface area contributed by atoms with E-state index in [0.717, 1.165) is 22.7 Å². The van der Waals surface area contributed by atoms with Gasteiger partial charge in [-0.2, -0.15) is 0 Å². The van der Waals surface area contributed by atoms with Crippen LogP contribution >= 0.6 is 11.3 Å². The first-order valence-electron chi connectivity index (χ1n) is 9.75. The van der Waals surface area contributed by atoms with Crippen LogP contribution in [0, 0.1) is 5.92 Å². The average Bonchev–Trinajstić information content (AvgIpc) is 3.06. The SMILES string of the molecule is CC(C)CC(=O)N1CCc2nc(NC(=O)CCCOc3ccccc3)sc2C1. The van der Waals surface area contributed by atoms with Gasteiger partial charge in [-0.1, -0.05) is 43.4 Å². The summed E-state index contributed by atoms with van der Waals surface area (Å²) < 4.78 is 5.60. The number of anilines is 1. The second kappa shape index (κ2) is 9.68. The molecule has 0 saturated carbocycles. The van der Waals surface area contributed by atoms with Crippen LogP contribution < -0.4 is 10.1 Å². The first-order valence-corrected chi connectivity index (χ1v) is 10.6. The molecule has 0 saturated heterocycles. The molecule has 2 heterocycles. The Kier molecular flexibility index (Phi) is 7.03. The summed E-state index contributed by atoms with van der Waals surface area (Å²) in [5, 5.41) is 3.51. The third-order valence-electron chi connectivity index (χ3n) is 4.47. The smallest absolute Gasteiger partial charge is 0.226 e. The Labute approximate surface area is 169 Å². The maximum absolute atomic E-state index is 12.3. The molecule has 0 unspecified atom stereocenters. The molecular weight excluding hydrogens is 374 g/mol. The highest BCUT2D eigenvalue weighted by Crippen LogP contribution is 2.29. The largest absolute Gasteiger partial charge is 0.494 e. The molecular formula is C21H27N3O3S. The maximum Gasteiger partial charge on any atom is 0.226 e. The fourth-order valence-corrected chi connectivity index (χ4v) is 4.10. The summed E-state index contributed by atoms with van der Waals surface area (Å²) in [4.78, 5) is 32.0. The Morgan fingerprint density at radius 2 is 2.07 bits per heavy atom. The maximum atomic E-state index is 12.3. The summed E-state index contributed by atoms with van der Waals surface area (Å²) in [6.07, 6.45) is 2.35. The van der Waals surface area contributed by atoms with Crippen molar-refractivity contribution in [2.45, 2.75) is 46.1 Å². The van der Waals surface area contributed by atoms with Crippen LogP contribution in [0.25, 0.3) is 0 Å². The normalized spacial score (nSPS) is 13.3. The van der Waals surface area contributed by atoms with Gasteiger partial charge in [-0.25, -0.2) is 4.98 Å². The highest BCUT2D eigenvalue weighted by Gasteiger charge is 2.24. The Morgan fingerprint density at radius 1 is 1.29 bits per heavy atom. The van der Waals surface area contributed by atoms with Crippen molar-refractivity contribution >= 4 is 28.3 Å². The molecule has 7 heteroatoms. The van der Waals surface area contributed by atoms with Gasteiger partial charge in [0.05, 0.1) is 18.8 Å². The number of nitrogens with one attached hydrogen (secondary N) is 1. The molecule has 3 rings (SSSR count). The van der Waals surface area contributed by atoms with E-state index in [1.54, 1.807) is 0 Å². The van der Waals surface area contributed by atoms with Crippen LogP contribution in [0.3, 0.4) is 0 Å². The second-order valence-corrected chi connectivity index (χ2v) is 8.45. The van der Waals surface area contributed by atoms with Gasteiger partial charge in [0.25, 0.3) is 0 Å². The van der Waals surface area contributed by atoms with E-state index in [0.29, 0.717) is 50.0 Å².